The zero-order valence-electron chi connectivity index (χ0n) is 12.0. The van der Waals surface area contributed by atoms with E-state index in [0.717, 1.165) is 18.6 Å². The summed E-state index contributed by atoms with van der Waals surface area (Å²) >= 11 is 0. The Bertz CT molecular complexity index is 534. The quantitative estimate of drug-likeness (QED) is 0.336. The molecule has 1 rings (SSSR count). The Morgan fingerprint density at radius 2 is 1.73 bits per heavy atom. The summed E-state index contributed by atoms with van der Waals surface area (Å²) in [6.45, 7) is 2.44. The van der Waals surface area contributed by atoms with Crippen molar-refractivity contribution in [3.05, 3.63) is 42.0 Å². The second-order valence-corrected chi connectivity index (χ2v) is 4.34. The van der Waals surface area contributed by atoms with Crippen molar-refractivity contribution in [3.63, 3.8) is 0 Å². The molecule has 8 heteroatoms. The van der Waals surface area contributed by atoms with Crippen molar-refractivity contribution in [1.82, 2.24) is 10.6 Å². The molecule has 0 fully saturated rings. The Balaban J connectivity index is 2.45. The summed E-state index contributed by atoms with van der Waals surface area (Å²) in [6.07, 6.45) is 0.297. The summed E-state index contributed by atoms with van der Waals surface area (Å²) in [5.74, 6) is -0.290. The maximum absolute atomic E-state index is 12.4. The topological polar surface area (TPSA) is 83.8 Å². The molecule has 5 N–H and O–H groups in total. The summed E-state index contributed by atoms with van der Waals surface area (Å²) < 4.78 is 37.2. The van der Waals surface area contributed by atoms with Gasteiger partial charge in [-0.15, -0.1) is 0 Å². The number of allylic oxidation sites excluding steroid dienone is 1. The summed E-state index contributed by atoms with van der Waals surface area (Å²) in [6, 6.07) is 4.30. The van der Waals surface area contributed by atoms with Gasteiger partial charge in [-0.05, 0) is 30.7 Å². The molecule has 0 saturated heterocycles. The normalized spacial score (nSPS) is 11.3. The Morgan fingerprint density at radius 1 is 1.09 bits per heavy atom. The van der Waals surface area contributed by atoms with Crippen molar-refractivity contribution < 1.29 is 13.2 Å². The highest BCUT2D eigenvalue weighted by atomic mass is 19.4. The van der Waals surface area contributed by atoms with Crippen molar-refractivity contribution in [2.24, 2.45) is 0 Å². The van der Waals surface area contributed by atoms with Crippen LogP contribution in [0.1, 0.15) is 18.9 Å². The lowest BCUT2D eigenvalue weighted by molar-refractivity contribution is -0.137. The number of anilines is 1. The molecule has 0 amide bonds. The minimum Gasteiger partial charge on any atom is -0.353 e. The van der Waals surface area contributed by atoms with E-state index in [4.69, 9.17) is 10.8 Å². The average molecular weight is 313 g/mol. The molecule has 120 valence electrons. The van der Waals surface area contributed by atoms with Crippen molar-refractivity contribution in [2.45, 2.75) is 19.5 Å². The number of rotatable bonds is 4. The van der Waals surface area contributed by atoms with Gasteiger partial charge in [0.25, 0.3) is 0 Å². The second kappa shape index (κ2) is 8.06. The molecule has 0 heterocycles. The van der Waals surface area contributed by atoms with Crippen molar-refractivity contribution >= 4 is 17.6 Å². The van der Waals surface area contributed by atoms with Gasteiger partial charge >= 0.3 is 6.18 Å². The summed E-state index contributed by atoms with van der Waals surface area (Å²) in [7, 11) is 0. The molecule has 0 aliphatic heterocycles. The van der Waals surface area contributed by atoms with E-state index in [9.17, 15) is 13.2 Å². The molecule has 0 aromatic heterocycles. The lowest BCUT2D eigenvalue weighted by Crippen LogP contribution is -2.42. The third kappa shape index (κ3) is 6.29. The molecule has 22 heavy (non-hydrogen) atoms. The minimum absolute atomic E-state index is 0.0786. The smallest absolute Gasteiger partial charge is 0.353 e. The van der Waals surface area contributed by atoms with Crippen LogP contribution in [-0.2, 0) is 6.18 Å². The Morgan fingerprint density at radius 3 is 2.27 bits per heavy atom. The van der Waals surface area contributed by atoms with Gasteiger partial charge in [0.15, 0.2) is 11.9 Å². The molecule has 0 radical (unpaired) electrons. The first-order valence-electron chi connectivity index (χ1n) is 6.60. The van der Waals surface area contributed by atoms with E-state index in [1.165, 1.54) is 12.1 Å². The molecule has 0 aliphatic carbocycles. The molecule has 1 aromatic rings. The maximum Gasteiger partial charge on any atom is 0.416 e. The molecular formula is C14H18F3N5. The van der Waals surface area contributed by atoms with E-state index < -0.39 is 11.7 Å². The Kier molecular flexibility index (Phi) is 6.43. The monoisotopic (exact) mass is 313 g/mol. The van der Waals surface area contributed by atoms with Crippen LogP contribution in [-0.4, -0.2) is 18.5 Å². The third-order valence-corrected chi connectivity index (χ3v) is 2.53. The van der Waals surface area contributed by atoms with E-state index in [0.29, 0.717) is 12.2 Å². The fraction of sp³-hybridized carbons (Fsp3) is 0.286. The molecule has 0 spiro atoms. The van der Waals surface area contributed by atoms with E-state index in [1.54, 1.807) is 0 Å². The molecule has 0 atom stereocenters. The molecule has 0 aliphatic rings. The van der Waals surface area contributed by atoms with Crippen LogP contribution in [0.15, 0.2) is 36.4 Å². The second-order valence-electron chi connectivity index (χ2n) is 4.34. The van der Waals surface area contributed by atoms with E-state index >= 15 is 0 Å². The van der Waals surface area contributed by atoms with Gasteiger partial charge in [-0.3, -0.25) is 16.1 Å². The van der Waals surface area contributed by atoms with E-state index in [-0.39, 0.29) is 11.9 Å². The van der Waals surface area contributed by atoms with Crippen LogP contribution >= 0.6 is 0 Å². The molecule has 0 saturated carbocycles. The first kappa shape index (κ1) is 17.5. The van der Waals surface area contributed by atoms with Crippen molar-refractivity contribution in [3.8, 4) is 0 Å². The SMILES string of the molecule is CCC=CCNC(=N)NC(=N)Nc1ccc(C(F)(F)F)cc1. The molecule has 5 nitrogen and oxygen atoms in total. The van der Waals surface area contributed by atoms with Crippen LogP contribution in [0.25, 0.3) is 0 Å². The zero-order chi connectivity index (χ0) is 16.6. The number of halogens is 3. The van der Waals surface area contributed by atoms with Crippen molar-refractivity contribution in [2.75, 3.05) is 11.9 Å². The fourth-order valence-electron chi connectivity index (χ4n) is 1.50. The first-order chi connectivity index (χ1) is 10.3. The predicted octanol–water partition coefficient (Wildman–Crippen LogP) is 3.13. The van der Waals surface area contributed by atoms with Gasteiger partial charge in [-0.25, -0.2) is 0 Å². The van der Waals surface area contributed by atoms with Gasteiger partial charge < -0.3 is 10.6 Å². The number of alkyl halides is 3. The molecule has 1 aromatic carbocycles. The van der Waals surface area contributed by atoms with Gasteiger partial charge in [-0.2, -0.15) is 13.2 Å². The number of nitrogens with one attached hydrogen (secondary N) is 5. The Hall–Kier alpha value is -2.51. The molecular weight excluding hydrogens is 295 g/mol. The lowest BCUT2D eigenvalue weighted by atomic mass is 10.2. The van der Waals surface area contributed by atoms with Gasteiger partial charge in [0, 0.05) is 12.2 Å². The van der Waals surface area contributed by atoms with E-state index in [2.05, 4.69) is 16.0 Å². The average Bonchev–Trinajstić information content (AvgIpc) is 2.43. The number of benzene rings is 1. The van der Waals surface area contributed by atoms with E-state index in [1.807, 2.05) is 19.1 Å². The van der Waals surface area contributed by atoms with Gasteiger partial charge in [-0.1, -0.05) is 19.1 Å². The first-order valence-corrected chi connectivity index (χ1v) is 6.60. The third-order valence-electron chi connectivity index (χ3n) is 2.53. The van der Waals surface area contributed by atoms with Crippen LogP contribution in [0.3, 0.4) is 0 Å². The van der Waals surface area contributed by atoms with Crippen LogP contribution in [0, 0.1) is 10.8 Å². The fourth-order valence-corrected chi connectivity index (χ4v) is 1.50. The zero-order valence-corrected chi connectivity index (χ0v) is 12.0. The van der Waals surface area contributed by atoms with Crippen LogP contribution in [0.4, 0.5) is 18.9 Å². The largest absolute Gasteiger partial charge is 0.416 e. The summed E-state index contributed by atoms with van der Waals surface area (Å²) in [4.78, 5) is 0. The van der Waals surface area contributed by atoms with Crippen LogP contribution in [0.5, 0.6) is 0 Å². The summed E-state index contributed by atoms with van der Waals surface area (Å²) in [5.41, 5.74) is -0.432. The van der Waals surface area contributed by atoms with Gasteiger partial charge in [0.05, 0.1) is 5.56 Å². The standard InChI is InChI=1S/C14H18F3N5/c1-2-3-4-9-20-12(18)22-13(19)21-11-7-5-10(6-8-11)14(15,16)17/h3-8H,2,9H2,1H3,(H5,18,19,20,21,22). The minimum atomic E-state index is -4.39. The molecule has 0 unspecified atom stereocenters. The maximum atomic E-state index is 12.4. The van der Waals surface area contributed by atoms with Gasteiger partial charge in [0.1, 0.15) is 0 Å². The highest BCUT2D eigenvalue weighted by Gasteiger charge is 2.29. The van der Waals surface area contributed by atoms with Crippen LogP contribution in [0.2, 0.25) is 0 Å². The number of guanidine groups is 2. The Labute approximate surface area is 126 Å². The summed E-state index contributed by atoms with van der Waals surface area (Å²) in [5, 5.41) is 22.9. The molecule has 0 bridgehead atoms. The number of hydrogen-bond donors (Lipinski definition) is 5. The van der Waals surface area contributed by atoms with Gasteiger partial charge in [0.2, 0.25) is 0 Å². The highest BCUT2D eigenvalue weighted by Crippen LogP contribution is 2.29. The highest BCUT2D eigenvalue weighted by molar-refractivity contribution is 6.02. The lowest BCUT2D eigenvalue weighted by Gasteiger charge is -2.12. The van der Waals surface area contributed by atoms with Crippen LogP contribution < -0.4 is 16.0 Å². The van der Waals surface area contributed by atoms with Crippen molar-refractivity contribution in [1.29, 1.82) is 10.8 Å². The predicted molar refractivity (Wildman–Crippen MR) is 81.1 cm³/mol. The number of hydrogen-bond acceptors (Lipinski definition) is 2.